The van der Waals surface area contributed by atoms with Crippen LogP contribution in [0, 0.1) is 0 Å². The van der Waals surface area contributed by atoms with Gasteiger partial charge < -0.3 is 21.0 Å². The third-order valence-electron chi connectivity index (χ3n) is 6.52. The summed E-state index contributed by atoms with van der Waals surface area (Å²) in [6, 6.07) is 6.15. The number of nitrogen functional groups attached to an aromatic ring is 1. The van der Waals surface area contributed by atoms with Crippen LogP contribution in [0.2, 0.25) is 0 Å². The second kappa shape index (κ2) is 9.50. The van der Waals surface area contributed by atoms with Gasteiger partial charge in [0.1, 0.15) is 34.3 Å². The molecule has 184 valence electrons. The number of hydrogen-bond donors (Lipinski definition) is 2. The maximum Gasteiger partial charge on any atom is 0.147 e. The first kappa shape index (κ1) is 24.4. The lowest BCUT2D eigenvalue weighted by Crippen LogP contribution is -2.36. The van der Waals surface area contributed by atoms with E-state index in [1.807, 2.05) is 32.0 Å². The van der Waals surface area contributed by atoms with Crippen LogP contribution in [0.15, 0.2) is 29.7 Å². The van der Waals surface area contributed by atoms with Crippen molar-refractivity contribution in [3.63, 3.8) is 0 Å². The van der Waals surface area contributed by atoms with Crippen LogP contribution in [0.5, 0.6) is 5.75 Å². The zero-order valence-electron chi connectivity index (χ0n) is 20.0. The Hall–Kier alpha value is -2.72. The molecule has 2 aromatic rings. The predicted octanol–water partition coefficient (Wildman–Crippen LogP) is 2.82. The number of benzene rings is 1. The fourth-order valence-corrected chi connectivity index (χ4v) is 5.37. The van der Waals surface area contributed by atoms with E-state index in [0.29, 0.717) is 18.0 Å². The molecule has 1 aromatic heterocycles. The van der Waals surface area contributed by atoms with Crippen LogP contribution in [-0.2, 0) is 20.1 Å². The van der Waals surface area contributed by atoms with E-state index < -0.39 is 15.3 Å². The third-order valence-corrected chi connectivity index (χ3v) is 7.55. The molecule has 2 aliphatic carbocycles. The van der Waals surface area contributed by atoms with E-state index in [1.165, 1.54) is 12.6 Å². The Labute approximate surface area is 200 Å². The van der Waals surface area contributed by atoms with Gasteiger partial charge in [0.2, 0.25) is 0 Å². The number of nitrogens with zero attached hydrogens (tertiary/aromatic N) is 3. The molecule has 9 nitrogen and oxygen atoms in total. The van der Waals surface area contributed by atoms with E-state index in [1.54, 1.807) is 0 Å². The maximum atomic E-state index is 11.4. The molecule has 4 N–H and O–H groups in total. The van der Waals surface area contributed by atoms with Gasteiger partial charge in [-0.25, -0.2) is 18.4 Å². The van der Waals surface area contributed by atoms with E-state index in [4.69, 9.17) is 21.0 Å². The van der Waals surface area contributed by atoms with Gasteiger partial charge in [0.15, 0.2) is 0 Å². The molecule has 0 saturated heterocycles. The van der Waals surface area contributed by atoms with Crippen molar-refractivity contribution < 1.29 is 18.0 Å². The molecule has 1 saturated carbocycles. The molecule has 1 heterocycles. The topological polar surface area (TPSA) is 143 Å². The number of rotatable bonds is 7. The first-order valence-electron chi connectivity index (χ1n) is 11.6. The molecule has 0 bridgehead atoms. The largest absolute Gasteiger partial charge is 0.490 e. The monoisotopic (exact) mass is 487 g/mol. The minimum absolute atomic E-state index is 0.0461. The Bertz CT molecular complexity index is 1190. The Kier molecular flexibility index (Phi) is 6.82. The standard InChI is InChI=1S/C24H33N5O4S/c1-24(2)20-21(27-14-28-23(20)26)18-10-9-17(33-16-7-5-15(25)6-8-16)13-19(18)22(24)29-32-11-4-12-34(3,30)31/h9-10,13-16H,4-8,11-12,25H2,1-3H3,(H2,26,27,28)/b29-22+/t15-,16+. The van der Waals surface area contributed by atoms with Crippen LogP contribution >= 0.6 is 0 Å². The number of sulfone groups is 1. The lowest BCUT2D eigenvalue weighted by atomic mass is 9.70. The quantitative estimate of drug-likeness (QED) is 0.448. The zero-order chi connectivity index (χ0) is 24.5. The van der Waals surface area contributed by atoms with Crippen molar-refractivity contribution in [2.75, 3.05) is 24.3 Å². The van der Waals surface area contributed by atoms with E-state index >= 15 is 0 Å². The highest BCUT2D eigenvalue weighted by atomic mass is 32.2. The van der Waals surface area contributed by atoms with Gasteiger partial charge in [-0.05, 0) is 64.2 Å². The van der Waals surface area contributed by atoms with Crippen LogP contribution in [0.4, 0.5) is 5.82 Å². The number of nitrogens with two attached hydrogens (primary N) is 2. The Morgan fingerprint density at radius 1 is 1.15 bits per heavy atom. The van der Waals surface area contributed by atoms with E-state index in [2.05, 4.69) is 15.1 Å². The maximum absolute atomic E-state index is 11.4. The third kappa shape index (κ3) is 5.17. The molecule has 0 spiro atoms. The summed E-state index contributed by atoms with van der Waals surface area (Å²) in [5.74, 6) is 1.19. The van der Waals surface area contributed by atoms with Crippen LogP contribution < -0.4 is 16.2 Å². The van der Waals surface area contributed by atoms with Gasteiger partial charge in [-0.15, -0.1) is 0 Å². The highest BCUT2D eigenvalue weighted by Crippen LogP contribution is 2.45. The van der Waals surface area contributed by atoms with Crippen LogP contribution in [0.3, 0.4) is 0 Å². The minimum atomic E-state index is -3.06. The van der Waals surface area contributed by atoms with Crippen molar-refractivity contribution in [3.8, 4) is 17.0 Å². The fourth-order valence-electron chi connectivity index (χ4n) is 4.73. The van der Waals surface area contributed by atoms with Crippen molar-refractivity contribution >= 4 is 21.4 Å². The summed E-state index contributed by atoms with van der Waals surface area (Å²) in [7, 11) is -3.06. The van der Waals surface area contributed by atoms with Crippen LogP contribution in [0.1, 0.15) is 57.1 Å². The van der Waals surface area contributed by atoms with Gasteiger partial charge in [-0.2, -0.15) is 0 Å². The summed E-state index contributed by atoms with van der Waals surface area (Å²) in [6.45, 7) is 4.20. The summed E-state index contributed by atoms with van der Waals surface area (Å²) in [6.07, 6.45) is 6.95. The SMILES string of the molecule is CC1(C)/C(=N/OCCCS(C)(=O)=O)c2cc(O[C@H]3CC[C@@H](N)CC3)ccc2-c2ncnc(N)c21. The van der Waals surface area contributed by atoms with Gasteiger partial charge in [0.25, 0.3) is 0 Å². The Morgan fingerprint density at radius 3 is 2.59 bits per heavy atom. The molecule has 1 aromatic carbocycles. The zero-order valence-corrected chi connectivity index (χ0v) is 20.8. The Balaban J connectivity index is 1.68. The van der Waals surface area contributed by atoms with Gasteiger partial charge in [0, 0.05) is 34.4 Å². The smallest absolute Gasteiger partial charge is 0.147 e. The Morgan fingerprint density at radius 2 is 1.88 bits per heavy atom. The highest BCUT2D eigenvalue weighted by Gasteiger charge is 2.41. The van der Waals surface area contributed by atoms with Crippen LogP contribution in [-0.4, -0.2) is 54.9 Å². The van der Waals surface area contributed by atoms with Gasteiger partial charge in [0.05, 0.1) is 23.3 Å². The second-order valence-electron chi connectivity index (χ2n) is 9.73. The lowest BCUT2D eigenvalue weighted by molar-refractivity contribution is 0.143. The van der Waals surface area contributed by atoms with E-state index in [9.17, 15) is 8.42 Å². The van der Waals surface area contributed by atoms with Gasteiger partial charge in [-0.3, -0.25) is 0 Å². The summed E-state index contributed by atoms with van der Waals surface area (Å²) in [4.78, 5) is 14.3. The summed E-state index contributed by atoms with van der Waals surface area (Å²) in [5.41, 5.74) is 15.6. The molecule has 0 atom stereocenters. The normalized spacial score (nSPS) is 22.6. The first-order valence-corrected chi connectivity index (χ1v) is 13.7. The molecule has 34 heavy (non-hydrogen) atoms. The number of ether oxygens (including phenoxy) is 1. The van der Waals surface area contributed by atoms with E-state index in [-0.39, 0.29) is 24.5 Å². The number of oxime groups is 1. The van der Waals surface area contributed by atoms with Crippen molar-refractivity contribution in [2.45, 2.75) is 63.5 Å². The first-order chi connectivity index (χ1) is 16.1. The second-order valence-corrected chi connectivity index (χ2v) is 12.0. The molecular formula is C24H33N5O4S. The number of aromatic nitrogens is 2. The molecule has 10 heteroatoms. The van der Waals surface area contributed by atoms with E-state index in [0.717, 1.165) is 53.8 Å². The average molecular weight is 488 g/mol. The van der Waals surface area contributed by atoms with Crippen molar-refractivity contribution in [1.82, 2.24) is 9.97 Å². The predicted molar refractivity (Wildman–Crippen MR) is 133 cm³/mol. The summed E-state index contributed by atoms with van der Waals surface area (Å²) < 4.78 is 29.1. The molecule has 1 fully saturated rings. The molecular weight excluding hydrogens is 454 g/mol. The van der Waals surface area contributed by atoms with Gasteiger partial charge >= 0.3 is 0 Å². The molecule has 2 aliphatic rings. The molecule has 0 unspecified atom stereocenters. The average Bonchev–Trinajstić information content (AvgIpc) is 2.76. The van der Waals surface area contributed by atoms with Gasteiger partial charge in [-0.1, -0.05) is 5.16 Å². The summed E-state index contributed by atoms with van der Waals surface area (Å²) >= 11 is 0. The number of anilines is 1. The van der Waals surface area contributed by atoms with Crippen LogP contribution in [0.25, 0.3) is 11.3 Å². The molecule has 0 aliphatic heterocycles. The summed E-state index contributed by atoms with van der Waals surface area (Å²) in [5, 5.41) is 4.47. The minimum Gasteiger partial charge on any atom is -0.490 e. The van der Waals surface area contributed by atoms with Crippen molar-refractivity contribution in [1.29, 1.82) is 0 Å². The molecule has 0 amide bonds. The molecule has 0 radical (unpaired) electrons. The van der Waals surface area contributed by atoms with Crippen molar-refractivity contribution in [3.05, 3.63) is 35.7 Å². The number of fused-ring (bicyclic) bond motifs is 3. The number of hydrogen-bond acceptors (Lipinski definition) is 9. The molecule has 4 rings (SSSR count). The lowest BCUT2D eigenvalue weighted by Gasteiger charge is -2.35. The fraction of sp³-hybridized carbons (Fsp3) is 0.542. The van der Waals surface area contributed by atoms with Crippen molar-refractivity contribution in [2.24, 2.45) is 10.9 Å². The highest BCUT2D eigenvalue weighted by molar-refractivity contribution is 7.90.